The maximum absolute atomic E-state index is 5.13. The summed E-state index contributed by atoms with van der Waals surface area (Å²) in [5, 5.41) is 1.74. The van der Waals surface area contributed by atoms with Crippen molar-refractivity contribution >= 4 is 16.9 Å². The Morgan fingerprint density at radius 1 is 1.03 bits per heavy atom. The van der Waals surface area contributed by atoms with Crippen LogP contribution in [0.5, 0.6) is 0 Å². The van der Waals surface area contributed by atoms with E-state index in [-0.39, 0.29) is 12.1 Å². The van der Waals surface area contributed by atoms with Gasteiger partial charge in [0.1, 0.15) is 6.04 Å². The zero-order chi connectivity index (χ0) is 20.1. The summed E-state index contributed by atoms with van der Waals surface area (Å²) >= 11 is 1.89. The molecule has 1 aromatic carbocycles. The molecule has 4 nitrogen and oxygen atoms in total. The smallest absolute Gasteiger partial charge is 0.160 e. The Hall–Kier alpha value is -2.53. The molecule has 2 aromatic heterocycles. The molecule has 0 unspecified atom stereocenters. The molecule has 4 heterocycles. The minimum Gasteiger partial charge on any atom is -0.341 e. The van der Waals surface area contributed by atoms with Gasteiger partial charge in [0, 0.05) is 35.1 Å². The topological polar surface area (TPSA) is 33.4 Å². The lowest BCUT2D eigenvalue weighted by atomic mass is 9.96. The molecule has 0 amide bonds. The van der Waals surface area contributed by atoms with Gasteiger partial charge in [-0.3, -0.25) is 9.98 Å². The number of rotatable bonds is 3. The van der Waals surface area contributed by atoms with Crippen LogP contribution in [0.1, 0.15) is 47.2 Å². The molecule has 0 spiro atoms. The lowest BCUT2D eigenvalue weighted by Crippen LogP contribution is -2.28. The van der Waals surface area contributed by atoms with Crippen molar-refractivity contribution in [3.8, 4) is 5.69 Å². The van der Waals surface area contributed by atoms with Crippen molar-refractivity contribution in [1.82, 2.24) is 14.5 Å². The molecule has 0 saturated carbocycles. The summed E-state index contributed by atoms with van der Waals surface area (Å²) in [6, 6.07) is 17.3. The summed E-state index contributed by atoms with van der Waals surface area (Å²) in [5.74, 6) is 0. The first-order valence-electron chi connectivity index (χ1n) is 10.2. The summed E-state index contributed by atoms with van der Waals surface area (Å²) in [5.41, 5.74) is 7.51. The Kier molecular flexibility index (Phi) is 4.50. The van der Waals surface area contributed by atoms with Crippen molar-refractivity contribution in [2.45, 2.75) is 45.0 Å². The first-order valence-corrected chi connectivity index (χ1v) is 11.1. The van der Waals surface area contributed by atoms with E-state index in [4.69, 9.17) is 4.99 Å². The number of aliphatic imine (C=N–C) groups is 1. The summed E-state index contributed by atoms with van der Waals surface area (Å²) in [4.78, 5) is 12.3. The van der Waals surface area contributed by atoms with Crippen molar-refractivity contribution in [3.05, 3.63) is 82.9 Å². The third-order valence-corrected chi connectivity index (χ3v) is 7.13. The molecule has 148 valence electrons. The number of aromatic nitrogens is 2. The Morgan fingerprint density at radius 3 is 2.59 bits per heavy atom. The van der Waals surface area contributed by atoms with E-state index in [0.717, 1.165) is 12.2 Å². The van der Waals surface area contributed by atoms with Gasteiger partial charge in [-0.15, -0.1) is 0 Å². The predicted molar refractivity (Wildman–Crippen MR) is 121 cm³/mol. The van der Waals surface area contributed by atoms with Crippen molar-refractivity contribution in [2.75, 3.05) is 6.54 Å². The van der Waals surface area contributed by atoms with Crippen LogP contribution in [-0.2, 0) is 0 Å². The Labute approximate surface area is 176 Å². The number of para-hydroxylation sites is 1. The fourth-order valence-corrected chi connectivity index (χ4v) is 5.82. The monoisotopic (exact) mass is 402 g/mol. The number of hydrogen-bond donors (Lipinski definition) is 0. The van der Waals surface area contributed by atoms with Crippen LogP contribution in [0.2, 0.25) is 0 Å². The lowest BCUT2D eigenvalue weighted by molar-refractivity contribution is 0.320. The van der Waals surface area contributed by atoms with E-state index in [2.05, 4.69) is 84.6 Å². The highest BCUT2D eigenvalue weighted by Crippen LogP contribution is 2.48. The van der Waals surface area contributed by atoms with Crippen molar-refractivity contribution in [2.24, 2.45) is 4.99 Å². The highest BCUT2D eigenvalue weighted by molar-refractivity contribution is 8.14. The van der Waals surface area contributed by atoms with Crippen LogP contribution in [0.25, 0.3) is 5.69 Å². The van der Waals surface area contributed by atoms with Crippen LogP contribution >= 0.6 is 11.8 Å². The Bertz CT molecular complexity index is 1090. The molecular formula is C24H26N4S. The second kappa shape index (κ2) is 7.06. The van der Waals surface area contributed by atoms with E-state index in [9.17, 15) is 0 Å². The average Bonchev–Trinajstić information content (AvgIpc) is 3.33. The normalized spacial score (nSPS) is 23.4. The number of pyridine rings is 1. The molecule has 3 aromatic rings. The molecule has 2 aliphatic heterocycles. The van der Waals surface area contributed by atoms with Gasteiger partial charge in [0.2, 0.25) is 0 Å². The first-order chi connectivity index (χ1) is 14.0. The summed E-state index contributed by atoms with van der Waals surface area (Å²) < 4.78 is 2.39. The van der Waals surface area contributed by atoms with Crippen LogP contribution in [0.15, 0.2) is 59.7 Å². The van der Waals surface area contributed by atoms with Crippen molar-refractivity contribution < 1.29 is 0 Å². The SMILES string of the molecule is Cc1ccccc1-n1c(C)cc([C@H]2[C@H](c3ccccn3)N=C3S[C@@H](C)CN32)c1C. The third kappa shape index (κ3) is 2.99. The number of hydrogen-bond acceptors (Lipinski definition) is 4. The minimum atomic E-state index is 0.0389. The number of fused-ring (bicyclic) bond motifs is 1. The van der Waals surface area contributed by atoms with Gasteiger partial charge in [0.15, 0.2) is 5.17 Å². The van der Waals surface area contributed by atoms with Gasteiger partial charge in [0.05, 0.1) is 11.7 Å². The van der Waals surface area contributed by atoms with E-state index < -0.39 is 0 Å². The zero-order valence-electron chi connectivity index (χ0n) is 17.3. The molecule has 5 heteroatoms. The Morgan fingerprint density at radius 2 is 1.83 bits per heavy atom. The highest BCUT2D eigenvalue weighted by atomic mass is 32.2. The van der Waals surface area contributed by atoms with E-state index in [1.54, 1.807) is 0 Å². The molecule has 5 rings (SSSR count). The largest absolute Gasteiger partial charge is 0.341 e. The van der Waals surface area contributed by atoms with Crippen LogP contribution in [0, 0.1) is 20.8 Å². The van der Waals surface area contributed by atoms with Gasteiger partial charge in [-0.05, 0) is 56.2 Å². The lowest BCUT2D eigenvalue weighted by Gasteiger charge is -2.27. The van der Waals surface area contributed by atoms with Gasteiger partial charge in [-0.1, -0.05) is 43.0 Å². The van der Waals surface area contributed by atoms with Crippen LogP contribution < -0.4 is 0 Å². The first kappa shape index (κ1) is 18.5. The standard InChI is InChI=1S/C24H26N4S/c1-15-9-5-6-11-21(15)28-16(2)13-19(18(28)4)23-22(20-10-7-8-12-25-20)26-24-27(23)14-17(3)29-24/h5-13,17,22-23H,14H2,1-4H3/t17-,22-,23-/m0/s1. The van der Waals surface area contributed by atoms with E-state index in [1.165, 1.54) is 33.4 Å². The Balaban J connectivity index is 1.64. The van der Waals surface area contributed by atoms with Gasteiger partial charge in [-0.2, -0.15) is 0 Å². The summed E-state index contributed by atoms with van der Waals surface area (Å²) in [6.07, 6.45) is 1.88. The number of thioether (sulfide) groups is 1. The number of aryl methyl sites for hydroxylation is 2. The molecular weight excluding hydrogens is 376 g/mol. The van der Waals surface area contributed by atoms with Gasteiger partial charge in [0.25, 0.3) is 0 Å². The fraction of sp³-hybridized carbons (Fsp3) is 0.333. The summed E-state index contributed by atoms with van der Waals surface area (Å²) in [7, 11) is 0. The van der Waals surface area contributed by atoms with Crippen LogP contribution in [0.3, 0.4) is 0 Å². The molecule has 0 aliphatic carbocycles. The van der Waals surface area contributed by atoms with E-state index in [1.807, 2.05) is 24.0 Å². The zero-order valence-corrected chi connectivity index (χ0v) is 18.1. The van der Waals surface area contributed by atoms with Crippen LogP contribution in [-0.4, -0.2) is 31.4 Å². The molecule has 29 heavy (non-hydrogen) atoms. The molecule has 3 atom stereocenters. The molecule has 0 radical (unpaired) electrons. The van der Waals surface area contributed by atoms with E-state index >= 15 is 0 Å². The highest BCUT2D eigenvalue weighted by Gasteiger charge is 2.44. The molecule has 2 aliphatic rings. The number of benzene rings is 1. The maximum atomic E-state index is 5.13. The second-order valence-corrected chi connectivity index (χ2v) is 9.49. The van der Waals surface area contributed by atoms with Gasteiger partial charge < -0.3 is 9.47 Å². The number of amidine groups is 1. The fourth-order valence-electron chi connectivity index (χ4n) is 4.73. The van der Waals surface area contributed by atoms with Gasteiger partial charge >= 0.3 is 0 Å². The van der Waals surface area contributed by atoms with Crippen molar-refractivity contribution in [1.29, 1.82) is 0 Å². The molecule has 0 N–H and O–H groups in total. The van der Waals surface area contributed by atoms with Crippen molar-refractivity contribution in [3.63, 3.8) is 0 Å². The minimum absolute atomic E-state index is 0.0389. The van der Waals surface area contributed by atoms with Gasteiger partial charge in [-0.25, -0.2) is 0 Å². The summed E-state index contributed by atoms with van der Waals surface area (Å²) in [6.45, 7) is 9.95. The molecule has 0 bridgehead atoms. The predicted octanol–water partition coefficient (Wildman–Crippen LogP) is 5.39. The quantitative estimate of drug-likeness (QED) is 0.589. The number of nitrogens with zero attached hydrogens (tertiary/aromatic N) is 4. The second-order valence-electron chi connectivity index (χ2n) is 8.09. The molecule has 1 saturated heterocycles. The third-order valence-electron chi connectivity index (χ3n) is 6.03. The molecule has 1 fully saturated rings. The van der Waals surface area contributed by atoms with Crippen LogP contribution in [0.4, 0.5) is 0 Å². The average molecular weight is 403 g/mol. The van der Waals surface area contributed by atoms with E-state index in [0.29, 0.717) is 5.25 Å². The maximum Gasteiger partial charge on any atom is 0.160 e.